The van der Waals surface area contributed by atoms with Crippen LogP contribution in [0.25, 0.3) is 10.8 Å². The second kappa shape index (κ2) is 5.67. The zero-order valence-electron chi connectivity index (χ0n) is 10.5. The first-order valence-corrected chi connectivity index (χ1v) is 6.14. The number of hydrogen-bond donors (Lipinski definition) is 2. The molecule has 2 aromatic rings. The smallest absolute Gasteiger partial charge is 0.303 e. The van der Waals surface area contributed by atoms with Crippen LogP contribution in [-0.2, 0) is 4.79 Å². The van der Waals surface area contributed by atoms with E-state index in [2.05, 4.69) is 6.58 Å². The summed E-state index contributed by atoms with van der Waals surface area (Å²) in [6.45, 7) is 3.77. The average molecular weight is 256 g/mol. The lowest BCUT2D eigenvalue weighted by Gasteiger charge is -2.14. The van der Waals surface area contributed by atoms with Crippen molar-refractivity contribution in [2.24, 2.45) is 0 Å². The van der Waals surface area contributed by atoms with Gasteiger partial charge in [0.25, 0.3) is 0 Å². The van der Waals surface area contributed by atoms with Crippen molar-refractivity contribution in [1.29, 1.82) is 0 Å². The van der Waals surface area contributed by atoms with E-state index < -0.39 is 12.1 Å². The lowest BCUT2D eigenvalue weighted by Crippen LogP contribution is -2.03. The number of carboxylic acids is 1. The summed E-state index contributed by atoms with van der Waals surface area (Å²) in [4.78, 5) is 10.5. The summed E-state index contributed by atoms with van der Waals surface area (Å²) < 4.78 is 0. The van der Waals surface area contributed by atoms with E-state index in [1.54, 1.807) is 0 Å². The number of benzene rings is 2. The first-order chi connectivity index (χ1) is 9.08. The Hall–Kier alpha value is -2.13. The summed E-state index contributed by atoms with van der Waals surface area (Å²) >= 11 is 0. The van der Waals surface area contributed by atoms with Crippen molar-refractivity contribution in [2.75, 3.05) is 0 Å². The van der Waals surface area contributed by atoms with Gasteiger partial charge in [0.1, 0.15) is 0 Å². The van der Waals surface area contributed by atoms with Crippen molar-refractivity contribution < 1.29 is 15.0 Å². The zero-order chi connectivity index (χ0) is 13.8. The van der Waals surface area contributed by atoms with E-state index in [4.69, 9.17) is 5.11 Å². The van der Waals surface area contributed by atoms with Gasteiger partial charge in [-0.3, -0.25) is 4.79 Å². The van der Waals surface area contributed by atoms with Crippen molar-refractivity contribution >= 4 is 16.7 Å². The second-order valence-corrected chi connectivity index (χ2v) is 4.56. The number of rotatable bonds is 5. The number of aliphatic carboxylic acids is 1. The number of aliphatic hydroxyl groups is 1. The SMILES string of the molecule is C=C(CCC(=O)O)C(O)c1ccc2ccccc2c1. The van der Waals surface area contributed by atoms with Crippen LogP contribution in [-0.4, -0.2) is 16.2 Å². The van der Waals surface area contributed by atoms with Gasteiger partial charge in [0.15, 0.2) is 0 Å². The third kappa shape index (κ3) is 3.20. The van der Waals surface area contributed by atoms with E-state index in [1.165, 1.54) is 0 Å². The third-order valence-electron chi connectivity index (χ3n) is 3.14. The van der Waals surface area contributed by atoms with Crippen molar-refractivity contribution in [2.45, 2.75) is 18.9 Å². The summed E-state index contributed by atoms with van der Waals surface area (Å²) in [7, 11) is 0. The molecule has 0 bridgehead atoms. The van der Waals surface area contributed by atoms with Crippen molar-refractivity contribution in [3.8, 4) is 0 Å². The molecule has 98 valence electrons. The molecule has 1 atom stereocenters. The third-order valence-corrected chi connectivity index (χ3v) is 3.14. The Morgan fingerprint density at radius 2 is 1.79 bits per heavy atom. The molecule has 0 aliphatic heterocycles. The molecule has 0 spiro atoms. The molecule has 2 aromatic carbocycles. The largest absolute Gasteiger partial charge is 0.481 e. The van der Waals surface area contributed by atoms with E-state index in [0.29, 0.717) is 5.57 Å². The molecule has 0 aromatic heterocycles. The molecule has 0 amide bonds. The molecule has 0 fully saturated rings. The minimum Gasteiger partial charge on any atom is -0.481 e. The van der Waals surface area contributed by atoms with E-state index >= 15 is 0 Å². The molecule has 0 saturated heterocycles. The first-order valence-electron chi connectivity index (χ1n) is 6.14. The van der Waals surface area contributed by atoms with Crippen LogP contribution >= 0.6 is 0 Å². The van der Waals surface area contributed by atoms with Gasteiger partial charge in [-0.2, -0.15) is 0 Å². The maximum Gasteiger partial charge on any atom is 0.303 e. The van der Waals surface area contributed by atoms with Crippen LogP contribution in [0, 0.1) is 0 Å². The van der Waals surface area contributed by atoms with Gasteiger partial charge < -0.3 is 10.2 Å². The molecular weight excluding hydrogens is 240 g/mol. The molecule has 3 heteroatoms. The Morgan fingerprint density at radius 1 is 1.11 bits per heavy atom. The van der Waals surface area contributed by atoms with Crippen LogP contribution in [0.15, 0.2) is 54.6 Å². The fourth-order valence-corrected chi connectivity index (χ4v) is 2.02. The van der Waals surface area contributed by atoms with Crippen LogP contribution in [0.1, 0.15) is 24.5 Å². The van der Waals surface area contributed by atoms with Gasteiger partial charge in [-0.1, -0.05) is 43.0 Å². The minimum atomic E-state index is -0.883. The average Bonchev–Trinajstić information content (AvgIpc) is 2.43. The highest BCUT2D eigenvalue weighted by Gasteiger charge is 2.13. The first kappa shape index (κ1) is 13.3. The van der Waals surface area contributed by atoms with E-state index in [0.717, 1.165) is 16.3 Å². The van der Waals surface area contributed by atoms with Gasteiger partial charge in [0.05, 0.1) is 6.10 Å². The number of aliphatic hydroxyl groups excluding tert-OH is 1. The van der Waals surface area contributed by atoms with Crippen LogP contribution < -0.4 is 0 Å². The fourth-order valence-electron chi connectivity index (χ4n) is 2.02. The lowest BCUT2D eigenvalue weighted by atomic mass is 9.97. The highest BCUT2D eigenvalue weighted by atomic mass is 16.4. The fraction of sp³-hybridized carbons (Fsp3) is 0.188. The quantitative estimate of drug-likeness (QED) is 0.807. The van der Waals surface area contributed by atoms with Crippen molar-refractivity contribution in [1.82, 2.24) is 0 Å². The number of carbonyl (C=O) groups is 1. The molecule has 2 N–H and O–H groups in total. The van der Waals surface area contributed by atoms with Gasteiger partial charge in [-0.25, -0.2) is 0 Å². The molecule has 0 radical (unpaired) electrons. The molecule has 2 rings (SSSR count). The molecule has 0 aliphatic carbocycles. The van der Waals surface area contributed by atoms with E-state index in [-0.39, 0.29) is 12.8 Å². The molecule has 0 saturated carbocycles. The maximum atomic E-state index is 10.5. The summed E-state index contributed by atoms with van der Waals surface area (Å²) in [5.41, 5.74) is 1.27. The van der Waals surface area contributed by atoms with Gasteiger partial charge in [-0.15, -0.1) is 0 Å². The van der Waals surface area contributed by atoms with E-state index in [1.807, 2.05) is 42.5 Å². The van der Waals surface area contributed by atoms with Crippen LogP contribution in [0.2, 0.25) is 0 Å². The van der Waals surface area contributed by atoms with Crippen molar-refractivity contribution in [3.05, 3.63) is 60.2 Å². The van der Waals surface area contributed by atoms with Gasteiger partial charge >= 0.3 is 5.97 Å². The van der Waals surface area contributed by atoms with Crippen LogP contribution in [0.3, 0.4) is 0 Å². The van der Waals surface area contributed by atoms with Crippen LogP contribution in [0.5, 0.6) is 0 Å². The van der Waals surface area contributed by atoms with E-state index in [9.17, 15) is 9.90 Å². The summed E-state index contributed by atoms with van der Waals surface area (Å²) in [6, 6.07) is 13.6. The number of carboxylic acid groups (broad SMARTS) is 1. The molecule has 3 nitrogen and oxygen atoms in total. The topological polar surface area (TPSA) is 57.5 Å². The summed E-state index contributed by atoms with van der Waals surface area (Å²) in [5.74, 6) is -0.883. The lowest BCUT2D eigenvalue weighted by molar-refractivity contribution is -0.137. The number of hydrogen-bond acceptors (Lipinski definition) is 2. The minimum absolute atomic E-state index is 0.0104. The Labute approximate surface area is 111 Å². The second-order valence-electron chi connectivity index (χ2n) is 4.56. The molecule has 1 unspecified atom stereocenters. The van der Waals surface area contributed by atoms with Gasteiger partial charge in [-0.05, 0) is 34.4 Å². The van der Waals surface area contributed by atoms with Crippen LogP contribution in [0.4, 0.5) is 0 Å². The highest BCUT2D eigenvalue weighted by Crippen LogP contribution is 2.26. The summed E-state index contributed by atoms with van der Waals surface area (Å²) in [5, 5.41) is 21.0. The molecule has 0 heterocycles. The Kier molecular flexibility index (Phi) is 3.97. The standard InChI is InChI=1S/C16H16O3/c1-11(6-9-15(17)18)16(19)14-8-7-12-4-2-3-5-13(12)10-14/h2-5,7-8,10,16,19H,1,6,9H2,(H,17,18). The van der Waals surface area contributed by atoms with Gasteiger partial charge in [0, 0.05) is 6.42 Å². The normalized spacial score (nSPS) is 12.3. The predicted octanol–water partition coefficient (Wildman–Crippen LogP) is 3.29. The molecule has 19 heavy (non-hydrogen) atoms. The van der Waals surface area contributed by atoms with Crippen molar-refractivity contribution in [3.63, 3.8) is 0 Å². The Bertz CT molecular complexity index is 616. The zero-order valence-corrected chi connectivity index (χ0v) is 10.5. The predicted molar refractivity (Wildman–Crippen MR) is 74.9 cm³/mol. The Balaban J connectivity index is 2.18. The monoisotopic (exact) mass is 256 g/mol. The Morgan fingerprint density at radius 3 is 2.47 bits per heavy atom. The maximum absolute atomic E-state index is 10.5. The molecule has 0 aliphatic rings. The molecular formula is C16H16O3. The summed E-state index contributed by atoms with van der Waals surface area (Å²) in [6.07, 6.45) is -0.545. The highest BCUT2D eigenvalue weighted by molar-refractivity contribution is 5.83. The number of fused-ring (bicyclic) bond motifs is 1. The van der Waals surface area contributed by atoms with Gasteiger partial charge in [0.2, 0.25) is 0 Å².